The second-order valence-corrected chi connectivity index (χ2v) is 6.14. The van der Waals surface area contributed by atoms with Gasteiger partial charge in [0.15, 0.2) is 0 Å². The molecule has 3 atom stereocenters. The molecule has 0 aromatic carbocycles. The maximum atomic E-state index is 12.8. The van der Waals surface area contributed by atoms with Gasteiger partial charge >= 0.3 is 6.55 Å². The lowest BCUT2D eigenvalue weighted by Crippen LogP contribution is -2.09. The van der Waals surface area contributed by atoms with Crippen LogP contribution in [0.25, 0.3) is 0 Å². The van der Waals surface area contributed by atoms with Crippen LogP contribution in [0.4, 0.5) is 8.78 Å². The zero-order valence-electron chi connectivity index (χ0n) is 11.7. The topological polar surface area (TPSA) is 35.6 Å². The van der Waals surface area contributed by atoms with Crippen LogP contribution in [0.3, 0.4) is 0 Å². The molecule has 0 spiro atoms. The van der Waals surface area contributed by atoms with Crippen LogP contribution in [0.15, 0.2) is 24.8 Å². The average Bonchev–Trinajstić information content (AvgIpc) is 2.83. The number of imidazole rings is 1. The zero-order chi connectivity index (χ0) is 14.4. The van der Waals surface area contributed by atoms with E-state index in [0.29, 0.717) is 18.3 Å². The van der Waals surface area contributed by atoms with E-state index in [1.807, 2.05) is 12.4 Å². The molecule has 2 aliphatic rings. The Bertz CT molecular complexity index is 621. The summed E-state index contributed by atoms with van der Waals surface area (Å²) in [6, 6.07) is 0. The molecule has 6 heteroatoms. The van der Waals surface area contributed by atoms with Crippen molar-refractivity contribution in [1.82, 2.24) is 19.3 Å². The SMILES string of the molecule is FC(F)n1ccnc1Cn1cc(C2[C@H]3CCCC[C@@H]23)cn1. The quantitative estimate of drug-likeness (QED) is 0.865. The standard InChI is InChI=1S/C15H18F2N4/c16-15(17)21-6-5-18-13(21)9-20-8-10(7-19-20)14-11-3-1-2-4-12(11)14/h5-8,11-12,14-15H,1-4,9H2/t11-,12+,14?. The molecule has 0 amide bonds. The van der Waals surface area contributed by atoms with Gasteiger partial charge in [0.05, 0.1) is 12.7 Å². The van der Waals surface area contributed by atoms with Crippen molar-refractivity contribution in [3.05, 3.63) is 36.2 Å². The van der Waals surface area contributed by atoms with E-state index in [2.05, 4.69) is 10.1 Å². The highest BCUT2D eigenvalue weighted by Gasteiger charge is 2.51. The van der Waals surface area contributed by atoms with Crippen molar-refractivity contribution in [2.24, 2.45) is 11.8 Å². The Labute approximate surface area is 121 Å². The van der Waals surface area contributed by atoms with Gasteiger partial charge in [0.2, 0.25) is 0 Å². The van der Waals surface area contributed by atoms with Gasteiger partial charge < -0.3 is 0 Å². The van der Waals surface area contributed by atoms with E-state index < -0.39 is 6.55 Å². The van der Waals surface area contributed by atoms with E-state index in [-0.39, 0.29) is 0 Å². The number of hydrogen-bond acceptors (Lipinski definition) is 2. The third-order valence-electron chi connectivity index (χ3n) is 4.96. The maximum Gasteiger partial charge on any atom is 0.319 e. The number of rotatable bonds is 4. The summed E-state index contributed by atoms with van der Waals surface area (Å²) in [7, 11) is 0. The van der Waals surface area contributed by atoms with Crippen LogP contribution < -0.4 is 0 Å². The lowest BCUT2D eigenvalue weighted by atomic mass is 10.0. The predicted octanol–water partition coefficient (Wildman–Crippen LogP) is 3.43. The molecule has 0 saturated heterocycles. The summed E-state index contributed by atoms with van der Waals surface area (Å²) in [5, 5.41) is 4.33. The molecule has 0 bridgehead atoms. The van der Waals surface area contributed by atoms with Crippen LogP contribution >= 0.6 is 0 Å². The molecule has 21 heavy (non-hydrogen) atoms. The van der Waals surface area contributed by atoms with E-state index in [9.17, 15) is 8.78 Å². The Kier molecular flexibility index (Phi) is 3.05. The van der Waals surface area contributed by atoms with Gasteiger partial charge in [0, 0.05) is 18.6 Å². The number of halogens is 2. The second kappa shape index (κ2) is 4.93. The van der Waals surface area contributed by atoms with Gasteiger partial charge in [-0.15, -0.1) is 0 Å². The summed E-state index contributed by atoms with van der Waals surface area (Å²) in [4.78, 5) is 4.00. The molecule has 4 rings (SSSR count). The van der Waals surface area contributed by atoms with Crippen LogP contribution in [0.5, 0.6) is 0 Å². The highest BCUT2D eigenvalue weighted by Crippen LogP contribution is 2.61. The molecule has 4 nitrogen and oxygen atoms in total. The predicted molar refractivity (Wildman–Crippen MR) is 73.0 cm³/mol. The Balaban J connectivity index is 1.49. The van der Waals surface area contributed by atoms with Gasteiger partial charge in [0.25, 0.3) is 0 Å². The van der Waals surface area contributed by atoms with Crippen molar-refractivity contribution in [3.8, 4) is 0 Å². The zero-order valence-corrected chi connectivity index (χ0v) is 11.7. The molecule has 1 unspecified atom stereocenters. The van der Waals surface area contributed by atoms with Crippen molar-refractivity contribution in [1.29, 1.82) is 0 Å². The van der Waals surface area contributed by atoms with Gasteiger partial charge in [-0.05, 0) is 36.2 Å². The smallest absolute Gasteiger partial charge is 0.276 e. The first kappa shape index (κ1) is 13.0. The van der Waals surface area contributed by atoms with Gasteiger partial charge in [-0.3, -0.25) is 9.25 Å². The third kappa shape index (κ3) is 2.26. The molecule has 2 aromatic heterocycles. The molecule has 2 aromatic rings. The molecule has 2 heterocycles. The third-order valence-corrected chi connectivity index (χ3v) is 4.96. The van der Waals surface area contributed by atoms with Gasteiger partial charge in [0.1, 0.15) is 5.82 Å². The molecule has 2 fully saturated rings. The minimum Gasteiger partial charge on any atom is -0.276 e. The summed E-state index contributed by atoms with van der Waals surface area (Å²) < 4.78 is 28.2. The van der Waals surface area contributed by atoms with E-state index in [1.165, 1.54) is 43.6 Å². The number of alkyl halides is 2. The molecule has 0 aliphatic heterocycles. The van der Waals surface area contributed by atoms with Gasteiger partial charge in [-0.1, -0.05) is 12.8 Å². The number of fused-ring (bicyclic) bond motifs is 1. The maximum absolute atomic E-state index is 12.8. The first-order chi connectivity index (χ1) is 10.2. The molecular formula is C15H18F2N4. The number of hydrogen-bond donors (Lipinski definition) is 0. The Morgan fingerprint density at radius 3 is 2.71 bits per heavy atom. The largest absolute Gasteiger partial charge is 0.319 e. The Hall–Kier alpha value is -1.72. The van der Waals surface area contributed by atoms with Crippen molar-refractivity contribution < 1.29 is 8.78 Å². The van der Waals surface area contributed by atoms with Crippen LogP contribution in [0.2, 0.25) is 0 Å². The van der Waals surface area contributed by atoms with E-state index in [0.717, 1.165) is 16.4 Å². The minimum atomic E-state index is -2.55. The highest BCUT2D eigenvalue weighted by atomic mass is 19.3. The lowest BCUT2D eigenvalue weighted by Gasteiger charge is -2.06. The summed E-state index contributed by atoms with van der Waals surface area (Å²) in [5.74, 6) is 2.66. The van der Waals surface area contributed by atoms with Crippen LogP contribution in [0, 0.1) is 11.8 Å². The Morgan fingerprint density at radius 1 is 1.24 bits per heavy atom. The molecule has 2 aliphatic carbocycles. The van der Waals surface area contributed by atoms with Crippen LogP contribution in [0.1, 0.15) is 49.5 Å². The van der Waals surface area contributed by atoms with Gasteiger partial charge in [-0.25, -0.2) is 4.98 Å². The fourth-order valence-corrected chi connectivity index (χ4v) is 3.91. The molecule has 0 radical (unpaired) electrons. The fraction of sp³-hybridized carbons (Fsp3) is 0.600. The summed E-state index contributed by atoms with van der Waals surface area (Å²) >= 11 is 0. The van der Waals surface area contributed by atoms with E-state index >= 15 is 0 Å². The lowest BCUT2D eigenvalue weighted by molar-refractivity contribution is 0.0665. The number of nitrogens with zero attached hydrogens (tertiary/aromatic N) is 4. The first-order valence-corrected chi connectivity index (χ1v) is 7.56. The van der Waals surface area contributed by atoms with Crippen LogP contribution in [-0.4, -0.2) is 19.3 Å². The fourth-order valence-electron chi connectivity index (χ4n) is 3.91. The monoisotopic (exact) mass is 292 g/mol. The average molecular weight is 292 g/mol. The molecule has 0 N–H and O–H groups in total. The van der Waals surface area contributed by atoms with Gasteiger partial charge in [-0.2, -0.15) is 13.9 Å². The minimum absolute atomic E-state index is 0.291. The van der Waals surface area contributed by atoms with Crippen LogP contribution in [-0.2, 0) is 6.54 Å². The second-order valence-electron chi connectivity index (χ2n) is 6.14. The summed E-state index contributed by atoms with van der Waals surface area (Å²) in [6.07, 6.45) is 12.0. The van der Waals surface area contributed by atoms with Crippen molar-refractivity contribution >= 4 is 0 Å². The highest BCUT2D eigenvalue weighted by molar-refractivity contribution is 5.24. The summed E-state index contributed by atoms with van der Waals surface area (Å²) in [6.45, 7) is -2.26. The van der Waals surface area contributed by atoms with Crippen molar-refractivity contribution in [3.63, 3.8) is 0 Å². The molecular weight excluding hydrogens is 274 g/mol. The normalized spacial score (nSPS) is 27.9. The first-order valence-electron chi connectivity index (χ1n) is 7.56. The Morgan fingerprint density at radius 2 is 2.00 bits per heavy atom. The van der Waals surface area contributed by atoms with E-state index in [4.69, 9.17) is 0 Å². The molecule has 2 saturated carbocycles. The van der Waals surface area contributed by atoms with E-state index in [1.54, 1.807) is 4.68 Å². The number of aromatic nitrogens is 4. The van der Waals surface area contributed by atoms with Crippen molar-refractivity contribution in [2.45, 2.75) is 44.7 Å². The molecule has 112 valence electrons. The van der Waals surface area contributed by atoms with Crippen molar-refractivity contribution in [2.75, 3.05) is 0 Å². The summed E-state index contributed by atoms with van der Waals surface area (Å²) in [5.41, 5.74) is 1.27.